The molecule has 2 rings (SSSR count). The second-order valence-electron chi connectivity index (χ2n) is 5.57. The van der Waals surface area contributed by atoms with E-state index in [0.717, 1.165) is 41.4 Å². The Kier molecular flexibility index (Phi) is 4.92. The van der Waals surface area contributed by atoms with Crippen LogP contribution in [0.5, 0.6) is 0 Å². The van der Waals surface area contributed by atoms with Crippen LogP contribution in [0.25, 0.3) is 11.2 Å². The number of carboxylic acid groups (broad SMARTS) is 1. The van der Waals surface area contributed by atoms with E-state index in [0.29, 0.717) is 5.92 Å². The van der Waals surface area contributed by atoms with Crippen LogP contribution in [-0.4, -0.2) is 36.2 Å². The minimum Gasteiger partial charge on any atom is -0.481 e. The van der Waals surface area contributed by atoms with Gasteiger partial charge in [-0.3, -0.25) is 9.48 Å². The molecule has 116 valence electrons. The molecular formula is C14H22N4O2S. The van der Waals surface area contributed by atoms with Crippen LogP contribution in [0, 0.1) is 5.92 Å². The van der Waals surface area contributed by atoms with Gasteiger partial charge in [0.05, 0.1) is 11.4 Å². The van der Waals surface area contributed by atoms with E-state index in [4.69, 9.17) is 5.11 Å². The standard InChI is InChI=1S/C14H22N4O2S/c1-5-6-10-12-13(17(4)16-10)18(7-9(2)3)14(15-12)21-8-11(19)20/h9H,5-8H2,1-4H3,(H,19,20). The predicted molar refractivity (Wildman–Crippen MR) is 83.7 cm³/mol. The maximum Gasteiger partial charge on any atom is 0.313 e. The Morgan fingerprint density at radius 1 is 1.43 bits per heavy atom. The molecule has 0 saturated heterocycles. The van der Waals surface area contributed by atoms with Crippen molar-refractivity contribution in [2.45, 2.75) is 45.3 Å². The highest BCUT2D eigenvalue weighted by Gasteiger charge is 2.20. The van der Waals surface area contributed by atoms with E-state index in [-0.39, 0.29) is 5.75 Å². The minimum atomic E-state index is -0.824. The van der Waals surface area contributed by atoms with Crippen molar-refractivity contribution in [2.75, 3.05) is 5.75 Å². The van der Waals surface area contributed by atoms with E-state index in [9.17, 15) is 4.79 Å². The molecule has 2 aromatic heterocycles. The van der Waals surface area contributed by atoms with E-state index in [1.165, 1.54) is 11.8 Å². The maximum atomic E-state index is 10.8. The van der Waals surface area contributed by atoms with Crippen LogP contribution >= 0.6 is 11.8 Å². The number of aromatic nitrogens is 4. The molecule has 0 saturated carbocycles. The molecule has 0 radical (unpaired) electrons. The van der Waals surface area contributed by atoms with Gasteiger partial charge in [-0.1, -0.05) is 39.0 Å². The number of hydrogen-bond donors (Lipinski definition) is 1. The number of aliphatic carboxylic acids is 1. The first kappa shape index (κ1) is 15.9. The topological polar surface area (TPSA) is 72.9 Å². The van der Waals surface area contributed by atoms with Crippen LogP contribution < -0.4 is 0 Å². The molecule has 6 nitrogen and oxygen atoms in total. The average Bonchev–Trinajstić information content (AvgIpc) is 2.87. The fourth-order valence-corrected chi connectivity index (χ4v) is 3.12. The number of aryl methyl sites for hydroxylation is 2. The van der Waals surface area contributed by atoms with E-state index in [1.807, 2.05) is 11.7 Å². The zero-order valence-corrected chi connectivity index (χ0v) is 13.8. The number of fused-ring (bicyclic) bond motifs is 1. The molecule has 0 amide bonds. The first-order valence-electron chi connectivity index (χ1n) is 7.20. The molecule has 2 heterocycles. The van der Waals surface area contributed by atoms with Crippen molar-refractivity contribution in [2.24, 2.45) is 13.0 Å². The number of nitrogens with zero attached hydrogens (tertiary/aromatic N) is 4. The Labute approximate surface area is 128 Å². The third kappa shape index (κ3) is 3.40. The summed E-state index contributed by atoms with van der Waals surface area (Å²) in [5.41, 5.74) is 2.89. The molecule has 2 aromatic rings. The summed E-state index contributed by atoms with van der Waals surface area (Å²) in [7, 11) is 1.92. The largest absolute Gasteiger partial charge is 0.481 e. The molecule has 0 bridgehead atoms. The van der Waals surface area contributed by atoms with Crippen molar-refractivity contribution in [1.82, 2.24) is 19.3 Å². The molecule has 7 heteroatoms. The molecule has 0 spiro atoms. The highest BCUT2D eigenvalue weighted by atomic mass is 32.2. The molecule has 0 aromatic carbocycles. The van der Waals surface area contributed by atoms with Gasteiger partial charge >= 0.3 is 5.97 Å². The summed E-state index contributed by atoms with van der Waals surface area (Å²) in [6, 6.07) is 0. The summed E-state index contributed by atoms with van der Waals surface area (Å²) in [5, 5.41) is 14.2. The van der Waals surface area contributed by atoms with Crippen molar-refractivity contribution >= 4 is 28.9 Å². The van der Waals surface area contributed by atoms with E-state index < -0.39 is 5.97 Å². The third-order valence-electron chi connectivity index (χ3n) is 3.12. The summed E-state index contributed by atoms with van der Waals surface area (Å²) < 4.78 is 3.96. The summed E-state index contributed by atoms with van der Waals surface area (Å²) in [5.74, 6) is -0.344. The number of imidazole rings is 1. The van der Waals surface area contributed by atoms with Gasteiger partial charge in [0.25, 0.3) is 0 Å². The molecule has 0 unspecified atom stereocenters. The van der Waals surface area contributed by atoms with Crippen LogP contribution in [0.4, 0.5) is 0 Å². The zero-order chi connectivity index (χ0) is 15.6. The van der Waals surface area contributed by atoms with Gasteiger partial charge < -0.3 is 9.67 Å². The number of rotatable bonds is 7. The molecule has 0 aliphatic rings. The summed E-state index contributed by atoms with van der Waals surface area (Å²) in [6.07, 6.45) is 1.90. The maximum absolute atomic E-state index is 10.8. The second kappa shape index (κ2) is 6.51. The van der Waals surface area contributed by atoms with E-state index >= 15 is 0 Å². The molecule has 0 atom stereocenters. The number of hydrogen-bond acceptors (Lipinski definition) is 4. The molecule has 21 heavy (non-hydrogen) atoms. The van der Waals surface area contributed by atoms with Gasteiger partial charge in [0, 0.05) is 13.6 Å². The summed E-state index contributed by atoms with van der Waals surface area (Å²) in [4.78, 5) is 15.5. The van der Waals surface area contributed by atoms with Gasteiger partial charge in [-0.25, -0.2) is 4.98 Å². The minimum absolute atomic E-state index is 0.0258. The van der Waals surface area contributed by atoms with Crippen molar-refractivity contribution in [3.8, 4) is 0 Å². The summed E-state index contributed by atoms with van der Waals surface area (Å²) >= 11 is 1.27. The second-order valence-corrected chi connectivity index (χ2v) is 6.52. The molecular weight excluding hydrogens is 288 g/mol. The van der Waals surface area contributed by atoms with Crippen LogP contribution in [0.3, 0.4) is 0 Å². The van der Waals surface area contributed by atoms with Crippen LogP contribution in [-0.2, 0) is 24.8 Å². The van der Waals surface area contributed by atoms with E-state index in [2.05, 4.69) is 35.4 Å². The average molecular weight is 310 g/mol. The quantitative estimate of drug-likeness (QED) is 0.796. The predicted octanol–water partition coefficient (Wildman–Crippen LogP) is 2.56. The molecule has 0 aliphatic carbocycles. The highest BCUT2D eigenvalue weighted by molar-refractivity contribution is 7.99. The lowest BCUT2D eigenvalue weighted by atomic mass is 10.2. The van der Waals surface area contributed by atoms with Gasteiger partial charge in [-0.05, 0) is 12.3 Å². The SMILES string of the molecule is CCCc1nn(C)c2c1nc(SCC(=O)O)n2CC(C)C. The fraction of sp³-hybridized carbons (Fsp3) is 0.643. The van der Waals surface area contributed by atoms with Crippen molar-refractivity contribution in [1.29, 1.82) is 0 Å². The normalized spacial score (nSPS) is 11.7. The third-order valence-corrected chi connectivity index (χ3v) is 4.08. The molecule has 0 aliphatic heterocycles. The van der Waals surface area contributed by atoms with Crippen molar-refractivity contribution in [3.63, 3.8) is 0 Å². The van der Waals surface area contributed by atoms with E-state index in [1.54, 1.807) is 0 Å². The van der Waals surface area contributed by atoms with Crippen LogP contribution in [0.2, 0.25) is 0 Å². The Morgan fingerprint density at radius 3 is 2.71 bits per heavy atom. The Bertz CT molecular complexity index is 645. The Morgan fingerprint density at radius 2 is 2.14 bits per heavy atom. The number of carboxylic acids is 1. The Hall–Kier alpha value is -1.50. The lowest BCUT2D eigenvalue weighted by Crippen LogP contribution is -2.10. The van der Waals surface area contributed by atoms with Crippen LogP contribution in [0.1, 0.15) is 32.9 Å². The first-order valence-corrected chi connectivity index (χ1v) is 8.19. The molecule has 1 N–H and O–H groups in total. The monoisotopic (exact) mass is 310 g/mol. The first-order chi connectivity index (χ1) is 9.93. The smallest absolute Gasteiger partial charge is 0.313 e. The van der Waals surface area contributed by atoms with Gasteiger partial charge in [-0.15, -0.1) is 0 Å². The Balaban J connectivity index is 2.50. The number of carbonyl (C=O) groups is 1. The fourth-order valence-electron chi connectivity index (χ4n) is 2.39. The number of thioether (sulfide) groups is 1. The van der Waals surface area contributed by atoms with Crippen molar-refractivity contribution < 1.29 is 9.90 Å². The van der Waals surface area contributed by atoms with Gasteiger partial charge in [0.1, 0.15) is 5.52 Å². The zero-order valence-electron chi connectivity index (χ0n) is 13.0. The highest BCUT2D eigenvalue weighted by Crippen LogP contribution is 2.27. The van der Waals surface area contributed by atoms with Gasteiger partial charge in [0.15, 0.2) is 10.8 Å². The van der Waals surface area contributed by atoms with Crippen molar-refractivity contribution in [3.05, 3.63) is 5.69 Å². The lowest BCUT2D eigenvalue weighted by Gasteiger charge is -2.11. The summed E-state index contributed by atoms with van der Waals surface area (Å²) in [6.45, 7) is 7.21. The van der Waals surface area contributed by atoms with Crippen LogP contribution in [0.15, 0.2) is 5.16 Å². The van der Waals surface area contributed by atoms with Gasteiger partial charge in [-0.2, -0.15) is 5.10 Å². The lowest BCUT2D eigenvalue weighted by molar-refractivity contribution is -0.133. The molecule has 0 fully saturated rings. The van der Waals surface area contributed by atoms with Gasteiger partial charge in [0.2, 0.25) is 0 Å².